The molecule has 0 amide bonds. The standard InChI is InChI=1S/C34H25N3/c1-34(2)27-15-8-6-13-23(27)25-20-32-26(19-28(25)34)24-14-7-9-16-29(24)37(32)31-18-10-17-30-33(31)35-21-36(30)22-11-4-3-5-12-22/h3-21H,1-2H3. The summed E-state index contributed by atoms with van der Waals surface area (Å²) in [6.07, 6.45) is 1.94. The van der Waals surface area contributed by atoms with Gasteiger partial charge in [-0.3, -0.25) is 4.57 Å². The van der Waals surface area contributed by atoms with Crippen molar-refractivity contribution in [3.8, 4) is 22.5 Å². The van der Waals surface area contributed by atoms with Crippen molar-refractivity contribution in [2.45, 2.75) is 19.3 Å². The van der Waals surface area contributed by atoms with Crippen molar-refractivity contribution in [3.05, 3.63) is 127 Å². The zero-order chi connectivity index (χ0) is 24.7. The number of benzene rings is 5. The highest BCUT2D eigenvalue weighted by atomic mass is 15.1. The maximum absolute atomic E-state index is 4.94. The SMILES string of the molecule is CC1(C)c2ccccc2-c2cc3c(cc21)c1ccccc1n3-c1cccc2c1ncn2-c1ccccc1. The molecule has 2 aromatic heterocycles. The first-order chi connectivity index (χ1) is 18.1. The maximum Gasteiger partial charge on any atom is 0.113 e. The quantitative estimate of drug-likeness (QED) is 0.246. The molecule has 7 aromatic rings. The lowest BCUT2D eigenvalue weighted by Gasteiger charge is -2.21. The van der Waals surface area contributed by atoms with Gasteiger partial charge in [0.1, 0.15) is 11.8 Å². The lowest BCUT2D eigenvalue weighted by molar-refractivity contribution is 0.661. The first-order valence-electron chi connectivity index (χ1n) is 12.8. The number of nitrogens with zero attached hydrogens (tertiary/aromatic N) is 3. The van der Waals surface area contributed by atoms with Gasteiger partial charge in [0, 0.05) is 21.9 Å². The van der Waals surface area contributed by atoms with Crippen LogP contribution >= 0.6 is 0 Å². The van der Waals surface area contributed by atoms with Crippen LogP contribution in [0.5, 0.6) is 0 Å². The summed E-state index contributed by atoms with van der Waals surface area (Å²) in [5, 5.41) is 2.56. The number of fused-ring (bicyclic) bond motifs is 7. The predicted molar refractivity (Wildman–Crippen MR) is 153 cm³/mol. The third kappa shape index (κ3) is 2.69. The van der Waals surface area contributed by atoms with Crippen LogP contribution in [0.15, 0.2) is 116 Å². The first kappa shape index (κ1) is 20.6. The molecule has 2 heterocycles. The molecule has 0 bridgehead atoms. The van der Waals surface area contributed by atoms with E-state index in [9.17, 15) is 0 Å². The van der Waals surface area contributed by atoms with Gasteiger partial charge in [0.05, 0.1) is 22.2 Å². The van der Waals surface area contributed by atoms with Crippen LogP contribution in [0.4, 0.5) is 0 Å². The van der Waals surface area contributed by atoms with E-state index in [1.165, 1.54) is 44.1 Å². The highest BCUT2D eigenvalue weighted by Crippen LogP contribution is 2.51. The van der Waals surface area contributed by atoms with Crippen LogP contribution in [0, 0.1) is 0 Å². The van der Waals surface area contributed by atoms with Crippen molar-refractivity contribution in [3.63, 3.8) is 0 Å². The van der Waals surface area contributed by atoms with Crippen molar-refractivity contribution in [2.24, 2.45) is 0 Å². The largest absolute Gasteiger partial charge is 0.307 e. The molecule has 5 aromatic carbocycles. The smallest absolute Gasteiger partial charge is 0.113 e. The number of para-hydroxylation sites is 3. The van der Waals surface area contributed by atoms with E-state index in [1.807, 2.05) is 12.4 Å². The molecule has 0 unspecified atom stereocenters. The van der Waals surface area contributed by atoms with E-state index in [0.717, 1.165) is 22.4 Å². The Labute approximate surface area is 215 Å². The van der Waals surface area contributed by atoms with Crippen LogP contribution in [-0.4, -0.2) is 14.1 Å². The second-order valence-corrected chi connectivity index (χ2v) is 10.5. The summed E-state index contributed by atoms with van der Waals surface area (Å²) in [6.45, 7) is 4.69. The van der Waals surface area contributed by atoms with E-state index in [-0.39, 0.29) is 5.41 Å². The van der Waals surface area contributed by atoms with Gasteiger partial charge in [0.15, 0.2) is 0 Å². The summed E-state index contributed by atoms with van der Waals surface area (Å²) in [6, 6.07) is 39.4. The summed E-state index contributed by atoms with van der Waals surface area (Å²) in [7, 11) is 0. The molecule has 0 atom stereocenters. The molecule has 0 N–H and O–H groups in total. The Morgan fingerprint density at radius 1 is 0.595 bits per heavy atom. The number of rotatable bonds is 2. The zero-order valence-corrected chi connectivity index (χ0v) is 20.8. The third-order valence-corrected chi connectivity index (χ3v) is 8.21. The van der Waals surface area contributed by atoms with Crippen LogP contribution < -0.4 is 0 Å². The van der Waals surface area contributed by atoms with Crippen molar-refractivity contribution >= 4 is 32.8 Å². The molecule has 0 radical (unpaired) electrons. The summed E-state index contributed by atoms with van der Waals surface area (Å²) in [4.78, 5) is 4.94. The molecule has 37 heavy (non-hydrogen) atoms. The van der Waals surface area contributed by atoms with Crippen LogP contribution in [0.2, 0.25) is 0 Å². The van der Waals surface area contributed by atoms with E-state index in [1.54, 1.807) is 0 Å². The lowest BCUT2D eigenvalue weighted by atomic mass is 9.82. The van der Waals surface area contributed by atoms with E-state index in [2.05, 4.69) is 126 Å². The van der Waals surface area contributed by atoms with E-state index >= 15 is 0 Å². The molecule has 0 spiro atoms. The van der Waals surface area contributed by atoms with Crippen LogP contribution in [-0.2, 0) is 5.41 Å². The fraction of sp³-hybridized carbons (Fsp3) is 0.0882. The number of hydrogen-bond donors (Lipinski definition) is 0. The first-order valence-corrected chi connectivity index (χ1v) is 12.8. The number of aromatic nitrogens is 3. The average Bonchev–Trinajstić information content (AvgIpc) is 3.58. The molecule has 1 aliphatic rings. The Morgan fingerprint density at radius 3 is 2.24 bits per heavy atom. The minimum atomic E-state index is -0.0300. The van der Waals surface area contributed by atoms with Gasteiger partial charge in [-0.2, -0.15) is 0 Å². The van der Waals surface area contributed by atoms with Gasteiger partial charge in [-0.05, 0) is 64.7 Å². The van der Waals surface area contributed by atoms with E-state index in [0.29, 0.717) is 0 Å². The molecule has 1 aliphatic carbocycles. The zero-order valence-electron chi connectivity index (χ0n) is 20.8. The average molecular weight is 476 g/mol. The molecular formula is C34H25N3. The summed E-state index contributed by atoms with van der Waals surface area (Å²) in [5.41, 5.74) is 12.2. The molecule has 0 saturated carbocycles. The predicted octanol–water partition coefficient (Wildman–Crippen LogP) is 8.43. The van der Waals surface area contributed by atoms with Gasteiger partial charge in [-0.25, -0.2) is 4.98 Å². The monoisotopic (exact) mass is 475 g/mol. The molecular weight excluding hydrogens is 450 g/mol. The summed E-state index contributed by atoms with van der Waals surface area (Å²) < 4.78 is 4.58. The van der Waals surface area contributed by atoms with Crippen LogP contribution in [0.25, 0.3) is 55.3 Å². The minimum absolute atomic E-state index is 0.0300. The highest BCUT2D eigenvalue weighted by Gasteiger charge is 2.36. The molecule has 3 nitrogen and oxygen atoms in total. The fourth-order valence-electron chi connectivity index (χ4n) is 6.42. The van der Waals surface area contributed by atoms with Gasteiger partial charge < -0.3 is 4.57 Å². The number of hydrogen-bond acceptors (Lipinski definition) is 1. The topological polar surface area (TPSA) is 22.8 Å². The second-order valence-electron chi connectivity index (χ2n) is 10.5. The molecule has 176 valence electrons. The number of imidazole rings is 1. The molecule has 0 aliphatic heterocycles. The Hall–Kier alpha value is -4.63. The van der Waals surface area contributed by atoms with Gasteiger partial charge >= 0.3 is 0 Å². The van der Waals surface area contributed by atoms with Crippen molar-refractivity contribution in [1.29, 1.82) is 0 Å². The molecule has 8 rings (SSSR count). The molecule has 3 heteroatoms. The summed E-state index contributed by atoms with van der Waals surface area (Å²) >= 11 is 0. The highest BCUT2D eigenvalue weighted by molar-refractivity contribution is 6.12. The van der Waals surface area contributed by atoms with Crippen LogP contribution in [0.1, 0.15) is 25.0 Å². The van der Waals surface area contributed by atoms with Crippen LogP contribution in [0.3, 0.4) is 0 Å². The summed E-state index contributed by atoms with van der Waals surface area (Å²) in [5.74, 6) is 0. The van der Waals surface area contributed by atoms with Gasteiger partial charge in [-0.15, -0.1) is 0 Å². The van der Waals surface area contributed by atoms with E-state index in [4.69, 9.17) is 4.98 Å². The fourth-order valence-corrected chi connectivity index (χ4v) is 6.42. The second kappa shape index (κ2) is 7.21. The van der Waals surface area contributed by atoms with Gasteiger partial charge in [0.25, 0.3) is 0 Å². The Bertz CT molecular complexity index is 2000. The lowest BCUT2D eigenvalue weighted by Crippen LogP contribution is -2.14. The Kier molecular flexibility index (Phi) is 4.00. The van der Waals surface area contributed by atoms with E-state index < -0.39 is 0 Å². The van der Waals surface area contributed by atoms with Crippen molar-refractivity contribution in [2.75, 3.05) is 0 Å². The normalized spacial score (nSPS) is 13.9. The Morgan fingerprint density at radius 2 is 1.35 bits per heavy atom. The third-order valence-electron chi connectivity index (χ3n) is 8.21. The minimum Gasteiger partial charge on any atom is -0.307 e. The Balaban J connectivity index is 1.47. The molecule has 0 fully saturated rings. The van der Waals surface area contributed by atoms with Gasteiger partial charge in [0.2, 0.25) is 0 Å². The van der Waals surface area contributed by atoms with Crippen molar-refractivity contribution < 1.29 is 0 Å². The van der Waals surface area contributed by atoms with Crippen molar-refractivity contribution in [1.82, 2.24) is 14.1 Å². The maximum atomic E-state index is 4.94. The molecule has 0 saturated heterocycles. The van der Waals surface area contributed by atoms with Gasteiger partial charge in [-0.1, -0.05) is 80.6 Å².